The maximum atomic E-state index is 6.48. The highest BCUT2D eigenvalue weighted by Gasteiger charge is 2.50. The van der Waals surface area contributed by atoms with E-state index >= 15 is 0 Å². The van der Waals surface area contributed by atoms with Gasteiger partial charge in [-0.2, -0.15) is 0 Å². The zero-order valence-corrected chi connectivity index (χ0v) is 12.3. The number of rotatable bonds is 3. The second kappa shape index (κ2) is 4.53. The van der Waals surface area contributed by atoms with Gasteiger partial charge in [-0.15, -0.1) is 11.6 Å². The third-order valence-electron chi connectivity index (χ3n) is 3.51. The molecule has 2 atom stereocenters. The largest absolute Gasteiger partial charge is 0.495 e. The summed E-state index contributed by atoms with van der Waals surface area (Å²) in [7, 11) is 1.57. The molecule has 1 aliphatic rings. The van der Waals surface area contributed by atoms with Crippen molar-refractivity contribution in [3.8, 4) is 5.75 Å². The predicted octanol–water partition coefficient (Wildman–Crippen LogP) is 5.33. The molecule has 0 N–H and O–H groups in total. The summed E-state index contributed by atoms with van der Waals surface area (Å²) < 4.78 is 5.12. The highest BCUT2D eigenvalue weighted by atomic mass is 35.5. The van der Waals surface area contributed by atoms with Crippen molar-refractivity contribution in [3.63, 3.8) is 0 Å². The Morgan fingerprint density at radius 2 is 1.88 bits per heavy atom. The van der Waals surface area contributed by atoms with Crippen LogP contribution in [0.25, 0.3) is 0 Å². The van der Waals surface area contributed by atoms with Crippen molar-refractivity contribution in [1.29, 1.82) is 0 Å². The van der Waals surface area contributed by atoms with E-state index in [0.717, 1.165) is 12.0 Å². The van der Waals surface area contributed by atoms with Crippen LogP contribution in [-0.2, 0) is 0 Å². The van der Waals surface area contributed by atoms with Crippen molar-refractivity contribution in [2.45, 2.75) is 25.6 Å². The molecule has 1 nitrogen and oxygen atoms in total. The highest BCUT2D eigenvalue weighted by Crippen LogP contribution is 2.60. The maximum Gasteiger partial charge on any atom is 0.138 e. The fourth-order valence-electron chi connectivity index (χ4n) is 2.14. The van der Waals surface area contributed by atoms with Crippen molar-refractivity contribution in [1.82, 2.24) is 0 Å². The van der Waals surface area contributed by atoms with Crippen LogP contribution in [-0.4, -0.2) is 7.11 Å². The molecule has 0 aromatic heterocycles. The Hall–Kier alpha value is -0.110. The van der Waals surface area contributed by atoms with E-state index in [-0.39, 0.29) is 5.38 Å². The Kier molecular flexibility index (Phi) is 3.55. The first-order chi connectivity index (χ1) is 7.86. The Morgan fingerprint density at radius 3 is 2.35 bits per heavy atom. The highest BCUT2D eigenvalue weighted by molar-refractivity contribution is 6.35. The van der Waals surface area contributed by atoms with Crippen LogP contribution in [0.3, 0.4) is 0 Å². The molecule has 0 aliphatic heterocycles. The van der Waals surface area contributed by atoms with Gasteiger partial charge in [-0.05, 0) is 29.4 Å². The van der Waals surface area contributed by atoms with Crippen LogP contribution in [0.4, 0.5) is 0 Å². The SMILES string of the molecule is COc1cc(Cl)c(C(Cl)C2CC2(C)C)cc1Cl. The number of hydrogen-bond donors (Lipinski definition) is 0. The van der Waals surface area contributed by atoms with Crippen molar-refractivity contribution >= 4 is 34.8 Å². The average molecular weight is 294 g/mol. The summed E-state index contributed by atoms with van der Waals surface area (Å²) in [5.41, 5.74) is 1.21. The molecule has 1 aromatic carbocycles. The van der Waals surface area contributed by atoms with Gasteiger partial charge < -0.3 is 4.74 Å². The van der Waals surface area contributed by atoms with E-state index in [1.165, 1.54) is 0 Å². The molecule has 0 amide bonds. The third-order valence-corrected chi connectivity index (χ3v) is 4.67. The minimum Gasteiger partial charge on any atom is -0.495 e. The van der Waals surface area contributed by atoms with Gasteiger partial charge in [0.1, 0.15) is 5.75 Å². The number of alkyl halides is 1. The summed E-state index contributed by atoms with van der Waals surface area (Å²) in [5, 5.41) is 1.09. The molecule has 1 fully saturated rings. The monoisotopic (exact) mass is 292 g/mol. The number of hydrogen-bond acceptors (Lipinski definition) is 1. The number of methoxy groups -OCH3 is 1. The molecule has 0 radical (unpaired) electrons. The molecule has 4 heteroatoms. The summed E-state index contributed by atoms with van der Waals surface area (Å²) in [5.74, 6) is 1.05. The Morgan fingerprint density at radius 1 is 1.29 bits per heavy atom. The minimum absolute atomic E-state index is 0.0825. The van der Waals surface area contributed by atoms with Gasteiger partial charge in [-0.3, -0.25) is 0 Å². The van der Waals surface area contributed by atoms with Crippen LogP contribution in [0.2, 0.25) is 10.0 Å². The van der Waals surface area contributed by atoms with E-state index in [4.69, 9.17) is 39.5 Å². The van der Waals surface area contributed by atoms with Crippen LogP contribution >= 0.6 is 34.8 Å². The lowest BCUT2D eigenvalue weighted by Gasteiger charge is -2.15. The minimum atomic E-state index is -0.0825. The van der Waals surface area contributed by atoms with Crippen molar-refractivity contribution in [2.75, 3.05) is 7.11 Å². The van der Waals surface area contributed by atoms with Crippen LogP contribution in [0, 0.1) is 11.3 Å². The molecular formula is C13H15Cl3O. The van der Waals surface area contributed by atoms with Gasteiger partial charge in [0, 0.05) is 11.1 Å². The van der Waals surface area contributed by atoms with Gasteiger partial charge >= 0.3 is 0 Å². The second-order valence-corrected chi connectivity index (χ2v) is 6.49. The number of ether oxygens (including phenoxy) is 1. The molecule has 2 rings (SSSR count). The van der Waals surface area contributed by atoms with Crippen LogP contribution < -0.4 is 4.74 Å². The Bertz CT molecular complexity index is 443. The van der Waals surface area contributed by atoms with Crippen molar-refractivity contribution in [2.24, 2.45) is 11.3 Å². The molecule has 2 unspecified atom stereocenters. The standard InChI is InChI=1S/C13H15Cl3O/c1-13(2)6-8(13)12(16)7-4-10(15)11(17-3)5-9(7)14/h4-5,8,12H,6H2,1-3H3. The van der Waals surface area contributed by atoms with Crippen LogP contribution in [0.5, 0.6) is 5.75 Å². The summed E-state index contributed by atoms with van der Waals surface area (Å²) >= 11 is 18.8. The van der Waals surface area contributed by atoms with E-state index in [9.17, 15) is 0 Å². The number of halogens is 3. The topological polar surface area (TPSA) is 9.23 Å². The van der Waals surface area contributed by atoms with Crippen molar-refractivity contribution in [3.05, 3.63) is 27.7 Å². The molecule has 94 valence electrons. The molecule has 1 aliphatic carbocycles. The first-order valence-electron chi connectivity index (χ1n) is 5.54. The lowest BCUT2D eigenvalue weighted by Crippen LogP contribution is -2.00. The zero-order chi connectivity index (χ0) is 12.8. The van der Waals surface area contributed by atoms with Crippen molar-refractivity contribution < 1.29 is 4.74 Å². The second-order valence-electron chi connectivity index (χ2n) is 5.21. The van der Waals surface area contributed by atoms with Crippen LogP contribution in [0.1, 0.15) is 31.2 Å². The Labute approximate surface area is 117 Å². The molecule has 1 saturated carbocycles. The summed E-state index contributed by atoms with van der Waals surface area (Å²) in [6.07, 6.45) is 1.13. The van der Waals surface area contributed by atoms with Gasteiger partial charge in [-0.25, -0.2) is 0 Å². The van der Waals surface area contributed by atoms with Gasteiger partial charge in [0.15, 0.2) is 0 Å². The van der Waals surface area contributed by atoms with E-state index < -0.39 is 0 Å². The van der Waals surface area contributed by atoms with Gasteiger partial charge in [0.25, 0.3) is 0 Å². The molecule has 17 heavy (non-hydrogen) atoms. The predicted molar refractivity (Wildman–Crippen MR) is 73.5 cm³/mol. The van der Waals surface area contributed by atoms with E-state index in [1.54, 1.807) is 13.2 Å². The number of benzene rings is 1. The molecule has 0 saturated heterocycles. The fourth-order valence-corrected chi connectivity index (χ4v) is 3.32. The van der Waals surface area contributed by atoms with E-state index in [0.29, 0.717) is 27.1 Å². The molecular weight excluding hydrogens is 279 g/mol. The molecule has 0 bridgehead atoms. The zero-order valence-electron chi connectivity index (χ0n) is 10.1. The summed E-state index contributed by atoms with van der Waals surface area (Å²) in [6, 6.07) is 3.54. The first kappa shape index (κ1) is 13.3. The average Bonchev–Trinajstić information content (AvgIpc) is 2.89. The fraction of sp³-hybridized carbons (Fsp3) is 0.538. The van der Waals surface area contributed by atoms with Gasteiger partial charge in [0.05, 0.1) is 17.5 Å². The summed E-state index contributed by atoms with van der Waals surface area (Å²) in [4.78, 5) is 0. The smallest absolute Gasteiger partial charge is 0.138 e. The lowest BCUT2D eigenvalue weighted by atomic mass is 10.0. The normalized spacial score (nSPS) is 23.3. The Balaban J connectivity index is 2.30. The molecule has 0 spiro atoms. The quantitative estimate of drug-likeness (QED) is 0.685. The summed E-state index contributed by atoms with van der Waals surface area (Å²) in [6.45, 7) is 4.43. The lowest BCUT2D eigenvalue weighted by molar-refractivity contribution is 0.415. The van der Waals surface area contributed by atoms with Crippen LogP contribution in [0.15, 0.2) is 12.1 Å². The van der Waals surface area contributed by atoms with E-state index in [2.05, 4.69) is 13.8 Å². The van der Waals surface area contributed by atoms with Gasteiger partial charge in [-0.1, -0.05) is 37.0 Å². The molecule has 0 heterocycles. The van der Waals surface area contributed by atoms with E-state index in [1.807, 2.05) is 6.07 Å². The van der Waals surface area contributed by atoms with Gasteiger partial charge in [0.2, 0.25) is 0 Å². The first-order valence-corrected chi connectivity index (χ1v) is 6.73. The molecule has 1 aromatic rings. The maximum absolute atomic E-state index is 6.48. The third kappa shape index (κ3) is 2.52.